The molecule has 0 atom stereocenters. The predicted octanol–water partition coefficient (Wildman–Crippen LogP) is 2.69. The number of amides is 1. The van der Waals surface area contributed by atoms with Crippen LogP contribution in [0, 0.1) is 11.3 Å². The molecule has 0 saturated carbocycles. The summed E-state index contributed by atoms with van der Waals surface area (Å²) in [7, 11) is 1.64. The molecule has 118 valence electrons. The van der Waals surface area contributed by atoms with Crippen LogP contribution in [0.3, 0.4) is 0 Å². The average molecular weight is 309 g/mol. The number of carbonyl (C=O) groups is 1. The van der Waals surface area contributed by atoms with E-state index in [0.29, 0.717) is 30.8 Å². The van der Waals surface area contributed by atoms with Crippen molar-refractivity contribution in [2.45, 2.75) is 13.0 Å². The van der Waals surface area contributed by atoms with E-state index < -0.39 is 0 Å². The quantitative estimate of drug-likeness (QED) is 0.771. The van der Waals surface area contributed by atoms with Gasteiger partial charge >= 0.3 is 0 Å². The molecule has 0 aromatic heterocycles. The molecule has 0 unspecified atom stereocenters. The molecule has 1 amide bonds. The van der Waals surface area contributed by atoms with E-state index in [1.165, 1.54) is 0 Å². The van der Waals surface area contributed by atoms with Crippen LogP contribution in [-0.2, 0) is 11.3 Å². The first kappa shape index (κ1) is 16.5. The van der Waals surface area contributed by atoms with E-state index in [1.54, 1.807) is 31.4 Å². The third-order valence-corrected chi connectivity index (χ3v) is 3.31. The smallest absolute Gasteiger partial charge is 0.225 e. The van der Waals surface area contributed by atoms with Gasteiger partial charge in [0, 0.05) is 30.8 Å². The van der Waals surface area contributed by atoms with Crippen LogP contribution >= 0.6 is 0 Å². The zero-order valence-corrected chi connectivity index (χ0v) is 13.0. The highest BCUT2D eigenvalue weighted by atomic mass is 16.5. The summed E-state index contributed by atoms with van der Waals surface area (Å²) in [4.78, 5) is 11.9. The number of anilines is 1. The fraction of sp³-hybridized carbons (Fsp3) is 0.222. The molecule has 0 radical (unpaired) electrons. The van der Waals surface area contributed by atoms with Gasteiger partial charge in [0.2, 0.25) is 5.91 Å². The summed E-state index contributed by atoms with van der Waals surface area (Å²) < 4.78 is 5.28. The van der Waals surface area contributed by atoms with E-state index >= 15 is 0 Å². The van der Waals surface area contributed by atoms with Gasteiger partial charge in [-0.1, -0.05) is 24.3 Å². The maximum absolute atomic E-state index is 11.9. The number of benzene rings is 2. The van der Waals surface area contributed by atoms with Gasteiger partial charge in [-0.25, -0.2) is 0 Å². The van der Waals surface area contributed by atoms with Crippen LogP contribution in [0.25, 0.3) is 0 Å². The van der Waals surface area contributed by atoms with Crippen LogP contribution in [0.4, 0.5) is 5.69 Å². The van der Waals surface area contributed by atoms with Crippen LogP contribution in [0.1, 0.15) is 17.5 Å². The van der Waals surface area contributed by atoms with Gasteiger partial charge in [0.15, 0.2) is 0 Å². The first-order valence-electron chi connectivity index (χ1n) is 7.35. The summed E-state index contributed by atoms with van der Waals surface area (Å²) in [5.74, 6) is 0.741. The molecule has 0 bridgehead atoms. The molecule has 2 rings (SSSR count). The normalized spacial score (nSPS) is 9.91. The lowest BCUT2D eigenvalue weighted by Gasteiger charge is -2.09. The van der Waals surface area contributed by atoms with Crippen molar-refractivity contribution in [2.75, 3.05) is 19.0 Å². The number of para-hydroxylation sites is 1. The highest BCUT2D eigenvalue weighted by Gasteiger charge is 2.04. The summed E-state index contributed by atoms with van der Waals surface area (Å²) in [6.45, 7) is 1.20. The second-order valence-electron chi connectivity index (χ2n) is 4.98. The fourth-order valence-electron chi connectivity index (χ4n) is 2.16. The van der Waals surface area contributed by atoms with E-state index in [1.807, 2.05) is 30.3 Å². The van der Waals surface area contributed by atoms with E-state index in [-0.39, 0.29) is 5.91 Å². The van der Waals surface area contributed by atoms with Crippen molar-refractivity contribution in [1.29, 1.82) is 5.26 Å². The third-order valence-electron chi connectivity index (χ3n) is 3.31. The zero-order chi connectivity index (χ0) is 16.5. The summed E-state index contributed by atoms with van der Waals surface area (Å²) >= 11 is 0. The Bertz CT molecular complexity index is 707. The van der Waals surface area contributed by atoms with Crippen molar-refractivity contribution >= 4 is 11.6 Å². The van der Waals surface area contributed by atoms with Gasteiger partial charge in [-0.15, -0.1) is 0 Å². The van der Waals surface area contributed by atoms with Crippen LogP contribution < -0.4 is 15.4 Å². The Labute approximate surface area is 135 Å². The molecule has 0 aliphatic heterocycles. The monoisotopic (exact) mass is 309 g/mol. The number of carbonyl (C=O) groups excluding carboxylic acids is 1. The van der Waals surface area contributed by atoms with Crippen molar-refractivity contribution in [3.63, 3.8) is 0 Å². The van der Waals surface area contributed by atoms with Crippen molar-refractivity contribution in [2.24, 2.45) is 0 Å². The topological polar surface area (TPSA) is 74.2 Å². The first-order chi connectivity index (χ1) is 11.2. The predicted molar refractivity (Wildman–Crippen MR) is 89.1 cm³/mol. The second kappa shape index (κ2) is 8.57. The summed E-state index contributed by atoms with van der Waals surface area (Å²) in [6.07, 6.45) is 0.353. The molecule has 2 N–H and O–H groups in total. The van der Waals surface area contributed by atoms with Crippen molar-refractivity contribution in [3.8, 4) is 11.8 Å². The minimum absolute atomic E-state index is 0.0902. The lowest BCUT2D eigenvalue weighted by atomic mass is 10.2. The Balaban J connectivity index is 1.75. The number of ether oxygens (including phenoxy) is 1. The third kappa shape index (κ3) is 5.13. The average Bonchev–Trinajstić information content (AvgIpc) is 2.59. The molecule has 0 saturated heterocycles. The molecule has 0 aliphatic rings. The number of hydrogen-bond donors (Lipinski definition) is 2. The molecule has 5 heteroatoms. The summed E-state index contributed by atoms with van der Waals surface area (Å²) in [5.41, 5.74) is 2.22. The minimum Gasteiger partial charge on any atom is -0.496 e. The summed E-state index contributed by atoms with van der Waals surface area (Å²) in [5, 5.41) is 14.8. The Hall–Kier alpha value is -2.84. The first-order valence-corrected chi connectivity index (χ1v) is 7.35. The zero-order valence-electron chi connectivity index (χ0n) is 13.0. The Morgan fingerprint density at radius 1 is 1.22 bits per heavy atom. The van der Waals surface area contributed by atoms with Crippen LogP contribution in [0.2, 0.25) is 0 Å². The number of nitriles is 1. The van der Waals surface area contributed by atoms with Gasteiger partial charge in [0.1, 0.15) is 5.75 Å². The van der Waals surface area contributed by atoms with E-state index in [0.717, 1.165) is 11.3 Å². The van der Waals surface area contributed by atoms with Gasteiger partial charge in [0.05, 0.1) is 18.7 Å². The molecular formula is C18H19N3O2. The molecule has 5 nitrogen and oxygen atoms in total. The minimum atomic E-state index is -0.0902. The van der Waals surface area contributed by atoms with Crippen molar-refractivity contribution in [3.05, 3.63) is 59.7 Å². The van der Waals surface area contributed by atoms with E-state index in [2.05, 4.69) is 10.6 Å². The summed E-state index contributed by atoms with van der Waals surface area (Å²) in [6, 6.07) is 16.7. The Kier molecular flexibility index (Phi) is 6.16. The van der Waals surface area contributed by atoms with Gasteiger partial charge in [-0.2, -0.15) is 5.26 Å². The maximum Gasteiger partial charge on any atom is 0.225 e. The molecule has 23 heavy (non-hydrogen) atoms. The van der Waals surface area contributed by atoms with Gasteiger partial charge in [0.25, 0.3) is 0 Å². The molecule has 0 fully saturated rings. The SMILES string of the molecule is COc1ccccc1CNCCC(=O)Nc1cccc(C#N)c1. The lowest BCUT2D eigenvalue weighted by molar-refractivity contribution is -0.116. The highest BCUT2D eigenvalue weighted by Crippen LogP contribution is 2.16. The molecule has 0 heterocycles. The number of hydrogen-bond acceptors (Lipinski definition) is 4. The molecule has 2 aromatic carbocycles. The highest BCUT2D eigenvalue weighted by molar-refractivity contribution is 5.90. The Morgan fingerprint density at radius 2 is 2.04 bits per heavy atom. The van der Waals surface area contributed by atoms with Gasteiger partial charge < -0.3 is 15.4 Å². The fourth-order valence-corrected chi connectivity index (χ4v) is 2.16. The van der Waals surface area contributed by atoms with Gasteiger partial charge in [-0.3, -0.25) is 4.79 Å². The number of methoxy groups -OCH3 is 1. The van der Waals surface area contributed by atoms with Crippen LogP contribution in [0.5, 0.6) is 5.75 Å². The van der Waals surface area contributed by atoms with E-state index in [4.69, 9.17) is 10.00 Å². The Morgan fingerprint density at radius 3 is 2.83 bits per heavy atom. The van der Waals surface area contributed by atoms with E-state index in [9.17, 15) is 4.79 Å². The molecule has 0 aliphatic carbocycles. The van der Waals surface area contributed by atoms with Crippen LogP contribution in [-0.4, -0.2) is 19.6 Å². The molecule has 0 spiro atoms. The lowest BCUT2D eigenvalue weighted by Crippen LogP contribution is -2.21. The standard InChI is InChI=1S/C18H19N3O2/c1-23-17-8-3-2-6-15(17)13-20-10-9-18(22)21-16-7-4-5-14(11-16)12-19/h2-8,11,20H,9-10,13H2,1H3,(H,21,22). The molecular weight excluding hydrogens is 290 g/mol. The number of nitrogens with one attached hydrogen (secondary N) is 2. The van der Waals surface area contributed by atoms with Crippen molar-refractivity contribution < 1.29 is 9.53 Å². The number of nitrogens with zero attached hydrogens (tertiary/aromatic N) is 1. The van der Waals surface area contributed by atoms with Gasteiger partial charge in [-0.05, 0) is 24.3 Å². The van der Waals surface area contributed by atoms with Crippen LogP contribution in [0.15, 0.2) is 48.5 Å². The second-order valence-corrected chi connectivity index (χ2v) is 4.98. The van der Waals surface area contributed by atoms with Crippen molar-refractivity contribution in [1.82, 2.24) is 5.32 Å². The largest absolute Gasteiger partial charge is 0.496 e. The number of rotatable bonds is 7. The maximum atomic E-state index is 11.9. The molecule has 2 aromatic rings.